The normalized spacial score (nSPS) is 11.9. The van der Waals surface area contributed by atoms with Gasteiger partial charge in [-0.05, 0) is 24.3 Å². The van der Waals surface area contributed by atoms with E-state index in [2.05, 4.69) is 21.2 Å². The van der Waals surface area contributed by atoms with E-state index in [-0.39, 0.29) is 0 Å². The summed E-state index contributed by atoms with van der Waals surface area (Å²) in [6.45, 7) is -0.487. The van der Waals surface area contributed by atoms with Crippen LogP contribution in [0.5, 0.6) is 0 Å². The van der Waals surface area contributed by atoms with Crippen molar-refractivity contribution in [3.05, 3.63) is 28.7 Å². The molecule has 0 amide bonds. The monoisotopic (exact) mass is 372 g/mol. The summed E-state index contributed by atoms with van der Waals surface area (Å²) in [7, 11) is 0. The maximum absolute atomic E-state index is 12.3. The van der Waals surface area contributed by atoms with Crippen molar-refractivity contribution in [3.63, 3.8) is 0 Å². The molecule has 0 fully saturated rings. The van der Waals surface area contributed by atoms with Crippen LogP contribution in [0, 0.1) is 0 Å². The first kappa shape index (κ1) is 19.2. The van der Waals surface area contributed by atoms with Gasteiger partial charge in [0.25, 0.3) is 0 Å². The Kier molecular flexibility index (Phi) is 7.74. The van der Waals surface area contributed by atoms with E-state index in [1.807, 2.05) is 0 Å². The van der Waals surface area contributed by atoms with Crippen LogP contribution in [0.4, 0.5) is 18.9 Å². The minimum Gasteiger partial charge on any atom is -0.473 e. The van der Waals surface area contributed by atoms with E-state index in [0.29, 0.717) is 5.69 Å². The second kappa shape index (κ2) is 8.47. The van der Waals surface area contributed by atoms with Crippen LogP contribution in [0.2, 0.25) is 0 Å². The number of alkyl halides is 3. The first-order chi connectivity index (χ1) is 9.57. The SMILES string of the molecule is NCC(Nc1ccc(Br)cc1)C(F)(F)F.O=C(O)C(=O)O. The summed E-state index contributed by atoms with van der Waals surface area (Å²) < 4.78 is 37.8. The van der Waals surface area contributed by atoms with Gasteiger partial charge in [-0.25, -0.2) is 9.59 Å². The van der Waals surface area contributed by atoms with Gasteiger partial charge >= 0.3 is 18.1 Å². The molecule has 10 heteroatoms. The molecule has 1 rings (SSSR count). The number of carbonyl (C=O) groups is 2. The first-order valence-electron chi connectivity index (χ1n) is 5.33. The van der Waals surface area contributed by atoms with Crippen LogP contribution < -0.4 is 11.1 Å². The number of hydrogen-bond acceptors (Lipinski definition) is 4. The van der Waals surface area contributed by atoms with Crippen LogP contribution in [-0.2, 0) is 9.59 Å². The second-order valence-electron chi connectivity index (χ2n) is 3.59. The number of hydrogen-bond donors (Lipinski definition) is 4. The third-order valence-corrected chi connectivity index (χ3v) is 2.53. The van der Waals surface area contributed by atoms with Crippen molar-refractivity contribution >= 4 is 33.6 Å². The number of anilines is 1. The second-order valence-corrected chi connectivity index (χ2v) is 4.51. The van der Waals surface area contributed by atoms with E-state index in [9.17, 15) is 13.2 Å². The fourth-order valence-electron chi connectivity index (χ4n) is 1.02. The highest BCUT2D eigenvalue weighted by atomic mass is 79.9. The molecular weight excluding hydrogens is 361 g/mol. The molecule has 21 heavy (non-hydrogen) atoms. The van der Waals surface area contributed by atoms with Crippen molar-refractivity contribution in [3.8, 4) is 0 Å². The smallest absolute Gasteiger partial charge is 0.414 e. The molecule has 1 atom stereocenters. The zero-order valence-electron chi connectivity index (χ0n) is 10.4. The maximum atomic E-state index is 12.3. The Balaban J connectivity index is 0.000000567. The van der Waals surface area contributed by atoms with Crippen LogP contribution in [0.15, 0.2) is 28.7 Å². The van der Waals surface area contributed by atoms with Crippen LogP contribution in [-0.4, -0.2) is 40.9 Å². The van der Waals surface area contributed by atoms with Crippen molar-refractivity contribution in [1.29, 1.82) is 0 Å². The number of aliphatic carboxylic acids is 2. The van der Waals surface area contributed by atoms with Crippen LogP contribution in [0.1, 0.15) is 0 Å². The number of halogens is 4. The summed E-state index contributed by atoms with van der Waals surface area (Å²) in [6.07, 6.45) is -4.33. The van der Waals surface area contributed by atoms with E-state index in [1.54, 1.807) is 24.3 Å². The predicted octanol–water partition coefficient (Wildman–Crippen LogP) is 1.91. The molecule has 1 aromatic rings. The van der Waals surface area contributed by atoms with Crippen molar-refractivity contribution < 1.29 is 33.0 Å². The largest absolute Gasteiger partial charge is 0.473 e. The molecular formula is C11H12BrF3N2O4. The molecule has 118 valence electrons. The zero-order chi connectivity index (χ0) is 16.6. The summed E-state index contributed by atoms with van der Waals surface area (Å²) in [5.74, 6) is -3.65. The molecule has 0 spiro atoms. The lowest BCUT2D eigenvalue weighted by Gasteiger charge is -2.20. The molecule has 0 heterocycles. The summed E-state index contributed by atoms with van der Waals surface area (Å²) in [4.78, 5) is 18.2. The highest BCUT2D eigenvalue weighted by molar-refractivity contribution is 9.10. The molecule has 0 bridgehead atoms. The predicted molar refractivity (Wildman–Crippen MR) is 71.9 cm³/mol. The topological polar surface area (TPSA) is 113 Å². The highest BCUT2D eigenvalue weighted by Crippen LogP contribution is 2.23. The number of carboxylic acid groups (broad SMARTS) is 2. The van der Waals surface area contributed by atoms with Crippen molar-refractivity contribution in [1.82, 2.24) is 0 Å². The van der Waals surface area contributed by atoms with Crippen molar-refractivity contribution in [2.24, 2.45) is 5.73 Å². The first-order valence-corrected chi connectivity index (χ1v) is 6.12. The Morgan fingerprint density at radius 1 is 1.19 bits per heavy atom. The summed E-state index contributed by atoms with van der Waals surface area (Å²) >= 11 is 3.19. The third kappa shape index (κ3) is 8.15. The van der Waals surface area contributed by atoms with Crippen LogP contribution in [0.3, 0.4) is 0 Å². The Labute approximate surface area is 125 Å². The number of benzene rings is 1. The number of nitrogens with two attached hydrogens (primary N) is 1. The van der Waals surface area contributed by atoms with Gasteiger partial charge in [0.2, 0.25) is 0 Å². The Morgan fingerprint density at radius 3 is 1.90 bits per heavy atom. The average molecular weight is 373 g/mol. The Bertz CT molecular complexity index is 467. The standard InChI is InChI=1S/C9H10BrF3N2.C2H2O4/c10-6-1-3-7(4-2-6)15-8(5-14)9(11,12)13;3-1(4)2(5)6/h1-4,8,15H,5,14H2;(H,3,4)(H,5,6). The van der Waals surface area contributed by atoms with E-state index in [4.69, 9.17) is 25.5 Å². The van der Waals surface area contributed by atoms with E-state index < -0.39 is 30.7 Å². The van der Waals surface area contributed by atoms with Crippen LogP contribution >= 0.6 is 15.9 Å². The number of rotatable bonds is 3. The molecule has 0 aliphatic rings. The number of nitrogens with one attached hydrogen (secondary N) is 1. The van der Waals surface area contributed by atoms with Crippen molar-refractivity contribution in [2.75, 3.05) is 11.9 Å². The van der Waals surface area contributed by atoms with Gasteiger partial charge < -0.3 is 21.3 Å². The Morgan fingerprint density at radius 2 is 1.62 bits per heavy atom. The summed E-state index contributed by atoms with van der Waals surface area (Å²) in [5.41, 5.74) is 5.44. The zero-order valence-corrected chi connectivity index (χ0v) is 12.0. The lowest BCUT2D eigenvalue weighted by Crippen LogP contribution is -2.42. The summed E-state index contributed by atoms with van der Waals surface area (Å²) in [6, 6.07) is 4.72. The van der Waals surface area contributed by atoms with Gasteiger partial charge in [0, 0.05) is 16.7 Å². The maximum Gasteiger partial charge on any atom is 0.414 e. The van der Waals surface area contributed by atoms with Gasteiger partial charge in [-0.2, -0.15) is 13.2 Å². The van der Waals surface area contributed by atoms with Gasteiger partial charge in [0.1, 0.15) is 6.04 Å². The van der Waals surface area contributed by atoms with Gasteiger partial charge in [-0.15, -0.1) is 0 Å². The minimum atomic E-state index is -4.33. The third-order valence-electron chi connectivity index (χ3n) is 2.00. The van der Waals surface area contributed by atoms with Gasteiger partial charge in [-0.3, -0.25) is 0 Å². The van der Waals surface area contributed by atoms with E-state index in [1.165, 1.54) is 0 Å². The fraction of sp³-hybridized carbons (Fsp3) is 0.273. The van der Waals surface area contributed by atoms with Gasteiger partial charge in [-0.1, -0.05) is 15.9 Å². The molecule has 0 aliphatic carbocycles. The molecule has 6 nitrogen and oxygen atoms in total. The molecule has 0 radical (unpaired) electrons. The number of carboxylic acids is 2. The van der Waals surface area contributed by atoms with E-state index in [0.717, 1.165) is 4.47 Å². The fourth-order valence-corrected chi connectivity index (χ4v) is 1.29. The van der Waals surface area contributed by atoms with Crippen LogP contribution in [0.25, 0.3) is 0 Å². The molecule has 0 saturated heterocycles. The molecule has 5 N–H and O–H groups in total. The molecule has 0 aliphatic heterocycles. The van der Waals surface area contributed by atoms with E-state index >= 15 is 0 Å². The van der Waals surface area contributed by atoms with Gasteiger partial charge in [0.05, 0.1) is 0 Å². The molecule has 0 aromatic heterocycles. The minimum absolute atomic E-state index is 0.394. The lowest BCUT2D eigenvalue weighted by molar-refractivity contribution is -0.159. The summed E-state index contributed by atoms with van der Waals surface area (Å²) in [5, 5.41) is 17.1. The average Bonchev–Trinajstić information content (AvgIpc) is 2.37. The molecule has 1 unspecified atom stereocenters. The highest BCUT2D eigenvalue weighted by Gasteiger charge is 2.38. The van der Waals surface area contributed by atoms with Crippen molar-refractivity contribution in [2.45, 2.75) is 12.2 Å². The van der Waals surface area contributed by atoms with Gasteiger partial charge in [0.15, 0.2) is 0 Å². The molecule has 0 saturated carbocycles. The Hall–Kier alpha value is -1.81. The quantitative estimate of drug-likeness (QED) is 0.602. The molecule has 1 aromatic carbocycles. The lowest BCUT2D eigenvalue weighted by atomic mass is 10.2.